The second kappa shape index (κ2) is 19.4. The summed E-state index contributed by atoms with van der Waals surface area (Å²) < 4.78 is 0. The van der Waals surface area contributed by atoms with Crippen LogP contribution in [-0.2, 0) is 5.41 Å². The van der Waals surface area contributed by atoms with Crippen LogP contribution < -0.4 is 4.90 Å². The fourth-order valence-electron chi connectivity index (χ4n) is 7.98. The molecule has 1 aliphatic rings. The molecule has 292 valence electrons. The van der Waals surface area contributed by atoms with Crippen LogP contribution in [0, 0.1) is 30.6 Å². The second-order valence-corrected chi connectivity index (χ2v) is 17.4. The van der Waals surface area contributed by atoms with Crippen molar-refractivity contribution in [1.82, 2.24) is 0 Å². The third-order valence-corrected chi connectivity index (χ3v) is 13.1. The number of anilines is 1. The molecule has 0 fully saturated rings. The molecule has 0 radical (unpaired) electrons. The molecule has 7 rings (SSSR count). The van der Waals surface area contributed by atoms with E-state index in [-0.39, 0.29) is 12.0 Å². The van der Waals surface area contributed by atoms with E-state index in [1.54, 1.807) is 22.7 Å². The maximum absolute atomic E-state index is 9.37. The maximum atomic E-state index is 9.37. The van der Waals surface area contributed by atoms with E-state index >= 15 is 0 Å². The van der Waals surface area contributed by atoms with E-state index in [9.17, 15) is 5.11 Å². The largest absolute Gasteiger partial charge is 0.395 e. The number of benzene rings is 4. The van der Waals surface area contributed by atoms with Crippen LogP contribution in [-0.4, -0.2) is 24.8 Å². The number of thiophene rings is 2. The topological polar surface area (TPSA) is 23.5 Å². The highest BCUT2D eigenvalue weighted by molar-refractivity contribution is 7.13. The van der Waals surface area contributed by atoms with Crippen molar-refractivity contribution in [2.45, 2.75) is 71.6 Å². The van der Waals surface area contributed by atoms with Crippen molar-refractivity contribution in [3.63, 3.8) is 0 Å². The molecule has 4 aromatic carbocycles. The molecule has 0 saturated heterocycles. The molecule has 0 amide bonds. The van der Waals surface area contributed by atoms with Crippen LogP contribution in [0.15, 0.2) is 109 Å². The quantitative estimate of drug-likeness (QED) is 0.111. The van der Waals surface area contributed by atoms with Gasteiger partial charge in [0.25, 0.3) is 0 Å². The van der Waals surface area contributed by atoms with Gasteiger partial charge in [0.2, 0.25) is 0 Å². The van der Waals surface area contributed by atoms with E-state index in [0.717, 1.165) is 51.5 Å². The summed E-state index contributed by atoms with van der Waals surface area (Å²) in [6.07, 6.45) is 15.6. The molecule has 0 atom stereocenters. The summed E-state index contributed by atoms with van der Waals surface area (Å²) in [7, 11) is 0. The summed E-state index contributed by atoms with van der Waals surface area (Å²) in [6.45, 7) is 10.5. The van der Waals surface area contributed by atoms with Crippen LogP contribution >= 0.6 is 22.7 Å². The molecule has 0 unspecified atom stereocenters. The summed E-state index contributed by atoms with van der Waals surface area (Å²) in [5.74, 6) is 14.1. The number of unbranched alkanes of at least 4 members (excludes halogenated alkanes) is 2. The number of hydrogen-bond donors (Lipinski definition) is 1. The van der Waals surface area contributed by atoms with Gasteiger partial charge in [-0.1, -0.05) is 129 Å². The van der Waals surface area contributed by atoms with Crippen molar-refractivity contribution in [3.8, 4) is 34.8 Å². The summed E-state index contributed by atoms with van der Waals surface area (Å²) >= 11 is 3.46. The van der Waals surface area contributed by atoms with Gasteiger partial charge in [0.15, 0.2) is 0 Å². The van der Waals surface area contributed by atoms with Gasteiger partial charge in [-0.3, -0.25) is 0 Å². The Morgan fingerprint density at radius 3 is 1.55 bits per heavy atom. The lowest BCUT2D eigenvalue weighted by atomic mass is 9.70. The number of likely N-dealkylation sites (N-methyl/N-ethyl adjacent to an activating group) is 1. The molecule has 4 heteroatoms. The van der Waals surface area contributed by atoms with Gasteiger partial charge < -0.3 is 10.0 Å². The lowest BCUT2D eigenvalue weighted by Gasteiger charge is -2.33. The van der Waals surface area contributed by atoms with Gasteiger partial charge in [0.05, 0.1) is 16.4 Å². The SMILES string of the molecule is CCCCC1(CCCC)c2cc(C#Cc3ccc(/C=C/c4ccc(C)cc4)s3)ccc2-c2ccc(C#Cc3ccc(/C=C/c4ccc(N(CC)CCO)cc4)s3)cc21. The Hall–Kier alpha value is -5.36. The van der Waals surface area contributed by atoms with Crippen LogP contribution in [0.1, 0.15) is 118 Å². The molecule has 0 saturated carbocycles. The molecule has 2 heterocycles. The van der Waals surface area contributed by atoms with Crippen molar-refractivity contribution in [3.05, 3.63) is 168 Å². The van der Waals surface area contributed by atoms with Crippen LogP contribution in [0.2, 0.25) is 0 Å². The number of rotatable bonds is 14. The minimum Gasteiger partial charge on any atom is -0.395 e. The van der Waals surface area contributed by atoms with Gasteiger partial charge in [-0.25, -0.2) is 0 Å². The molecule has 2 nitrogen and oxygen atoms in total. The van der Waals surface area contributed by atoms with Gasteiger partial charge in [-0.05, 0) is 133 Å². The number of aliphatic hydroxyl groups excluding tert-OH is 1. The summed E-state index contributed by atoms with van der Waals surface area (Å²) in [5, 5.41) is 9.37. The van der Waals surface area contributed by atoms with Crippen LogP contribution in [0.25, 0.3) is 35.4 Å². The summed E-state index contributed by atoms with van der Waals surface area (Å²) in [4.78, 5) is 6.71. The Morgan fingerprint density at radius 2 is 1.09 bits per heavy atom. The number of hydrogen-bond acceptors (Lipinski definition) is 4. The summed E-state index contributed by atoms with van der Waals surface area (Å²) in [6, 6.07) is 39.6. The lowest BCUT2D eigenvalue weighted by Crippen LogP contribution is -2.25. The average Bonchev–Trinajstić information content (AvgIpc) is 3.98. The highest BCUT2D eigenvalue weighted by Gasteiger charge is 2.42. The first-order chi connectivity index (χ1) is 28.4. The molecule has 2 aromatic heterocycles. The first-order valence-corrected chi connectivity index (χ1v) is 22.5. The van der Waals surface area contributed by atoms with Gasteiger partial charge in [-0.2, -0.15) is 0 Å². The Bertz CT molecular complexity index is 2500. The Labute approximate surface area is 354 Å². The molecule has 0 bridgehead atoms. The zero-order valence-corrected chi connectivity index (χ0v) is 35.9. The maximum Gasteiger partial charge on any atom is 0.0778 e. The first-order valence-electron chi connectivity index (χ1n) is 20.8. The number of aryl methyl sites for hydroxylation is 1. The lowest BCUT2D eigenvalue weighted by molar-refractivity contribution is 0.302. The minimum atomic E-state index is -0.0459. The molecule has 0 spiro atoms. The smallest absolute Gasteiger partial charge is 0.0778 e. The monoisotopic (exact) mass is 795 g/mol. The fraction of sp³-hybridized carbons (Fsp3) is 0.259. The predicted octanol–water partition coefficient (Wildman–Crippen LogP) is 13.7. The van der Waals surface area contributed by atoms with E-state index in [2.05, 4.69) is 190 Å². The minimum absolute atomic E-state index is 0.0459. The normalized spacial score (nSPS) is 12.6. The third kappa shape index (κ3) is 9.66. The van der Waals surface area contributed by atoms with E-state index in [4.69, 9.17) is 0 Å². The Balaban J connectivity index is 1.11. The molecule has 0 aliphatic heterocycles. The van der Waals surface area contributed by atoms with E-state index in [1.165, 1.54) is 68.8 Å². The summed E-state index contributed by atoms with van der Waals surface area (Å²) in [5.41, 5.74) is 12.4. The number of nitrogens with zero attached hydrogens (tertiary/aromatic N) is 1. The number of aliphatic hydroxyl groups is 1. The first kappa shape index (κ1) is 40.8. The van der Waals surface area contributed by atoms with E-state index < -0.39 is 0 Å². The third-order valence-electron chi connectivity index (χ3n) is 11.2. The van der Waals surface area contributed by atoms with Crippen LogP contribution in [0.4, 0.5) is 5.69 Å². The molecular formula is C54H53NOS2. The highest BCUT2D eigenvalue weighted by Crippen LogP contribution is 2.54. The van der Waals surface area contributed by atoms with Crippen molar-refractivity contribution < 1.29 is 5.11 Å². The molecular weight excluding hydrogens is 743 g/mol. The van der Waals surface area contributed by atoms with Crippen molar-refractivity contribution in [1.29, 1.82) is 0 Å². The van der Waals surface area contributed by atoms with Crippen molar-refractivity contribution >= 4 is 52.7 Å². The van der Waals surface area contributed by atoms with Gasteiger partial charge >= 0.3 is 0 Å². The molecule has 1 N–H and O–H groups in total. The second-order valence-electron chi connectivity index (χ2n) is 15.2. The van der Waals surface area contributed by atoms with Gasteiger partial charge in [-0.15, -0.1) is 22.7 Å². The predicted molar refractivity (Wildman–Crippen MR) is 253 cm³/mol. The average molecular weight is 796 g/mol. The van der Waals surface area contributed by atoms with E-state index in [1.807, 2.05) is 0 Å². The van der Waals surface area contributed by atoms with Crippen molar-refractivity contribution in [2.24, 2.45) is 0 Å². The van der Waals surface area contributed by atoms with Crippen molar-refractivity contribution in [2.75, 3.05) is 24.6 Å². The van der Waals surface area contributed by atoms with Crippen LogP contribution in [0.3, 0.4) is 0 Å². The Kier molecular flexibility index (Phi) is 13.6. The van der Waals surface area contributed by atoms with Gasteiger partial charge in [0, 0.05) is 45.1 Å². The zero-order valence-electron chi connectivity index (χ0n) is 34.3. The van der Waals surface area contributed by atoms with Gasteiger partial charge in [0.1, 0.15) is 0 Å². The Morgan fingerprint density at radius 1 is 0.586 bits per heavy atom. The van der Waals surface area contributed by atoms with Crippen LogP contribution in [0.5, 0.6) is 0 Å². The molecule has 58 heavy (non-hydrogen) atoms. The zero-order chi connectivity index (χ0) is 40.3. The molecule has 6 aromatic rings. The standard InChI is InChI=1S/C54H53NOS2/c1-5-8-34-54(35-9-6-2)52-38-43(18-26-48-30-28-46(57-48)24-16-41-12-10-40(4)11-13-41)20-32-50(52)51-33-21-44(39-53(51)54)19-27-49-31-29-47(58-49)25-17-42-14-22-45(23-15-42)55(7-3)36-37-56/h10-17,20-25,28-33,38-39,56H,5-9,34-37H2,1-4H3/b24-16+,25-17+. The highest BCUT2D eigenvalue weighted by atomic mass is 32.1. The number of fused-ring (bicyclic) bond motifs is 3. The van der Waals surface area contributed by atoms with E-state index in [0.29, 0.717) is 6.54 Å². The molecule has 1 aliphatic carbocycles. The fourth-order valence-corrected chi connectivity index (χ4v) is 9.51.